The van der Waals surface area contributed by atoms with Crippen LogP contribution in [0.25, 0.3) is 6.08 Å². The molecule has 2 N–H and O–H groups in total. The van der Waals surface area contributed by atoms with Gasteiger partial charge in [0.25, 0.3) is 0 Å². The van der Waals surface area contributed by atoms with Crippen LogP contribution in [0.1, 0.15) is 11.1 Å². The Morgan fingerprint density at radius 1 is 1.24 bits per heavy atom. The van der Waals surface area contributed by atoms with Gasteiger partial charge in [-0.2, -0.15) is 0 Å². The number of likely N-dealkylation sites (N-methyl/N-ethyl adjacent to an activating group) is 1. The number of nitrogens with two attached hydrogens (primary N) is 1. The van der Waals surface area contributed by atoms with E-state index in [-0.39, 0.29) is 11.6 Å². The highest BCUT2D eigenvalue weighted by molar-refractivity contribution is 5.91. The third-order valence-corrected chi connectivity index (χ3v) is 3.08. The number of halogens is 1. The van der Waals surface area contributed by atoms with Crippen LogP contribution in [0, 0.1) is 5.82 Å². The Bertz CT molecular complexity index is 653. The van der Waals surface area contributed by atoms with Crippen LogP contribution >= 0.6 is 0 Å². The van der Waals surface area contributed by atoms with Gasteiger partial charge in [-0.05, 0) is 29.3 Å². The van der Waals surface area contributed by atoms with Crippen molar-refractivity contribution in [3.05, 3.63) is 71.6 Å². The maximum atomic E-state index is 13.0. The van der Waals surface area contributed by atoms with Gasteiger partial charge in [-0.1, -0.05) is 36.4 Å². The summed E-state index contributed by atoms with van der Waals surface area (Å²) >= 11 is 0. The molecule has 0 atom stereocenters. The van der Waals surface area contributed by atoms with Crippen molar-refractivity contribution >= 4 is 17.7 Å². The monoisotopic (exact) mass is 284 g/mol. The number of benzene rings is 2. The van der Waals surface area contributed by atoms with E-state index in [1.54, 1.807) is 24.1 Å². The average Bonchev–Trinajstić information content (AvgIpc) is 2.49. The second-order valence-corrected chi connectivity index (χ2v) is 4.79. The van der Waals surface area contributed by atoms with Gasteiger partial charge >= 0.3 is 0 Å². The molecular formula is C17H17FN2O. The zero-order valence-electron chi connectivity index (χ0n) is 11.8. The summed E-state index contributed by atoms with van der Waals surface area (Å²) in [6, 6.07) is 14.1. The molecule has 108 valence electrons. The summed E-state index contributed by atoms with van der Waals surface area (Å²) in [5, 5.41) is 0. The summed E-state index contributed by atoms with van der Waals surface area (Å²) in [6.45, 7) is 0.537. The summed E-state index contributed by atoms with van der Waals surface area (Å²) in [5.74, 6) is -0.582. The van der Waals surface area contributed by atoms with Crippen LogP contribution in [0.2, 0.25) is 0 Å². The fourth-order valence-corrected chi connectivity index (χ4v) is 1.90. The predicted octanol–water partition coefficient (Wildman–Crippen LogP) is 3.08. The number of hydrogen-bond donors (Lipinski definition) is 1. The van der Waals surface area contributed by atoms with Gasteiger partial charge in [0.05, 0.1) is 5.69 Å². The zero-order valence-corrected chi connectivity index (χ0v) is 11.8. The SMILES string of the molecule is CN(Cc1ccccc1)C(=O)/C=C/c1ccc(F)c(N)c1. The van der Waals surface area contributed by atoms with Crippen LogP contribution in [0.3, 0.4) is 0 Å². The first-order chi connectivity index (χ1) is 10.1. The largest absolute Gasteiger partial charge is 0.396 e. The minimum Gasteiger partial charge on any atom is -0.396 e. The number of amides is 1. The molecule has 2 rings (SSSR count). The summed E-state index contributed by atoms with van der Waals surface area (Å²) in [7, 11) is 1.73. The predicted molar refractivity (Wildman–Crippen MR) is 82.8 cm³/mol. The van der Waals surface area contributed by atoms with E-state index in [0.29, 0.717) is 12.1 Å². The molecule has 3 nitrogen and oxygen atoms in total. The first kappa shape index (κ1) is 14.8. The van der Waals surface area contributed by atoms with Crippen molar-refractivity contribution in [2.24, 2.45) is 0 Å². The Morgan fingerprint density at radius 3 is 2.62 bits per heavy atom. The average molecular weight is 284 g/mol. The van der Waals surface area contributed by atoms with Crippen LogP contribution in [0.15, 0.2) is 54.6 Å². The van der Waals surface area contributed by atoms with Crippen LogP contribution in [0.4, 0.5) is 10.1 Å². The smallest absolute Gasteiger partial charge is 0.246 e. The molecule has 1 amide bonds. The fraction of sp³-hybridized carbons (Fsp3) is 0.118. The van der Waals surface area contributed by atoms with Crippen molar-refractivity contribution in [3.63, 3.8) is 0 Å². The number of rotatable bonds is 4. The molecule has 0 aromatic heterocycles. The Labute approximate surface area is 123 Å². The minimum absolute atomic E-state index is 0.0715. The van der Waals surface area contributed by atoms with Crippen molar-refractivity contribution in [2.75, 3.05) is 12.8 Å². The summed E-state index contributed by atoms with van der Waals surface area (Å²) in [6.07, 6.45) is 3.08. The molecule has 2 aromatic carbocycles. The molecule has 4 heteroatoms. The van der Waals surface area contributed by atoms with E-state index in [1.165, 1.54) is 18.2 Å². The summed E-state index contributed by atoms with van der Waals surface area (Å²) in [4.78, 5) is 13.6. The molecular weight excluding hydrogens is 267 g/mol. The number of carbonyl (C=O) groups is 1. The third-order valence-electron chi connectivity index (χ3n) is 3.08. The highest BCUT2D eigenvalue weighted by atomic mass is 19.1. The molecule has 0 saturated carbocycles. The van der Waals surface area contributed by atoms with Crippen molar-refractivity contribution in [1.82, 2.24) is 4.90 Å². The fourth-order valence-electron chi connectivity index (χ4n) is 1.90. The van der Waals surface area contributed by atoms with E-state index in [0.717, 1.165) is 5.56 Å². The van der Waals surface area contributed by atoms with E-state index in [1.807, 2.05) is 30.3 Å². The highest BCUT2D eigenvalue weighted by Gasteiger charge is 2.05. The van der Waals surface area contributed by atoms with E-state index in [4.69, 9.17) is 5.73 Å². The number of hydrogen-bond acceptors (Lipinski definition) is 2. The molecule has 0 aliphatic heterocycles. The van der Waals surface area contributed by atoms with Gasteiger partial charge in [0, 0.05) is 19.7 Å². The van der Waals surface area contributed by atoms with Gasteiger partial charge < -0.3 is 10.6 Å². The van der Waals surface area contributed by atoms with Gasteiger partial charge in [0.15, 0.2) is 0 Å². The lowest BCUT2D eigenvalue weighted by molar-refractivity contribution is -0.125. The third kappa shape index (κ3) is 4.18. The standard InChI is InChI=1S/C17H17FN2O/c1-20(12-14-5-3-2-4-6-14)17(21)10-8-13-7-9-15(18)16(19)11-13/h2-11H,12,19H2,1H3/b10-8+. The van der Waals surface area contributed by atoms with Crippen LogP contribution < -0.4 is 5.73 Å². The molecule has 0 bridgehead atoms. The Kier molecular flexibility index (Phi) is 4.72. The molecule has 0 spiro atoms. The van der Waals surface area contributed by atoms with Crippen molar-refractivity contribution < 1.29 is 9.18 Å². The van der Waals surface area contributed by atoms with Gasteiger partial charge in [-0.25, -0.2) is 4.39 Å². The Hall–Kier alpha value is -2.62. The Balaban J connectivity index is 1.99. The summed E-state index contributed by atoms with van der Waals surface area (Å²) in [5.41, 5.74) is 7.31. The van der Waals surface area contributed by atoms with E-state index in [2.05, 4.69) is 0 Å². The molecule has 0 radical (unpaired) electrons. The van der Waals surface area contributed by atoms with Crippen molar-refractivity contribution in [3.8, 4) is 0 Å². The molecule has 0 aliphatic carbocycles. The zero-order chi connectivity index (χ0) is 15.2. The quantitative estimate of drug-likeness (QED) is 0.692. The minimum atomic E-state index is -0.459. The Morgan fingerprint density at radius 2 is 1.95 bits per heavy atom. The molecule has 0 heterocycles. The van der Waals surface area contributed by atoms with Gasteiger partial charge in [-0.15, -0.1) is 0 Å². The number of nitrogen functional groups attached to an aromatic ring is 1. The molecule has 0 fully saturated rings. The number of anilines is 1. The second kappa shape index (κ2) is 6.70. The number of carbonyl (C=O) groups excluding carboxylic acids is 1. The molecule has 0 saturated heterocycles. The maximum absolute atomic E-state index is 13.0. The lowest BCUT2D eigenvalue weighted by atomic mass is 10.1. The van der Waals surface area contributed by atoms with Crippen LogP contribution in [-0.2, 0) is 11.3 Å². The molecule has 2 aromatic rings. The first-order valence-electron chi connectivity index (χ1n) is 6.58. The van der Waals surface area contributed by atoms with E-state index >= 15 is 0 Å². The molecule has 0 unspecified atom stereocenters. The van der Waals surface area contributed by atoms with Gasteiger partial charge in [-0.3, -0.25) is 4.79 Å². The van der Waals surface area contributed by atoms with E-state index in [9.17, 15) is 9.18 Å². The van der Waals surface area contributed by atoms with Crippen LogP contribution in [0.5, 0.6) is 0 Å². The van der Waals surface area contributed by atoms with Gasteiger partial charge in [0.2, 0.25) is 5.91 Å². The second-order valence-electron chi connectivity index (χ2n) is 4.79. The lowest BCUT2D eigenvalue weighted by Gasteiger charge is -2.15. The molecule has 21 heavy (non-hydrogen) atoms. The normalized spacial score (nSPS) is 10.8. The van der Waals surface area contributed by atoms with Crippen LogP contribution in [-0.4, -0.2) is 17.9 Å². The van der Waals surface area contributed by atoms with E-state index < -0.39 is 5.82 Å². The van der Waals surface area contributed by atoms with Crippen molar-refractivity contribution in [2.45, 2.75) is 6.54 Å². The number of nitrogens with zero attached hydrogens (tertiary/aromatic N) is 1. The lowest BCUT2D eigenvalue weighted by Crippen LogP contribution is -2.24. The highest BCUT2D eigenvalue weighted by Crippen LogP contribution is 2.13. The topological polar surface area (TPSA) is 46.3 Å². The molecule has 0 aliphatic rings. The van der Waals surface area contributed by atoms with Crippen molar-refractivity contribution in [1.29, 1.82) is 0 Å². The first-order valence-corrected chi connectivity index (χ1v) is 6.58. The maximum Gasteiger partial charge on any atom is 0.246 e. The van der Waals surface area contributed by atoms with Gasteiger partial charge in [0.1, 0.15) is 5.82 Å². The summed E-state index contributed by atoms with van der Waals surface area (Å²) < 4.78 is 13.0.